The molecule has 2 aromatic carbocycles. The van der Waals surface area contributed by atoms with Crippen LogP contribution in [0.2, 0.25) is 0 Å². The van der Waals surface area contributed by atoms with Gasteiger partial charge in [0.1, 0.15) is 35.1 Å². The van der Waals surface area contributed by atoms with E-state index in [4.69, 9.17) is 4.74 Å². The third-order valence-electron chi connectivity index (χ3n) is 6.20. The van der Waals surface area contributed by atoms with Crippen LogP contribution >= 0.6 is 22.6 Å². The van der Waals surface area contributed by atoms with Crippen molar-refractivity contribution in [1.82, 2.24) is 19.9 Å². The summed E-state index contributed by atoms with van der Waals surface area (Å²) >= 11 is 2.08. The van der Waals surface area contributed by atoms with Gasteiger partial charge in [0.05, 0.1) is 20.9 Å². The molecule has 1 fully saturated rings. The molecule has 1 aliphatic heterocycles. The number of para-hydroxylation sites is 1. The molecule has 5 rings (SSSR count). The zero-order valence-electron chi connectivity index (χ0n) is 19.2. The van der Waals surface area contributed by atoms with Crippen LogP contribution < -0.4 is 10.1 Å². The van der Waals surface area contributed by atoms with E-state index in [0.29, 0.717) is 39.3 Å². The Balaban J connectivity index is 1.39. The Morgan fingerprint density at radius 3 is 2.75 bits per heavy atom. The molecule has 4 aromatic rings. The zero-order chi connectivity index (χ0) is 25.1. The molecule has 3 heterocycles. The number of carbonyl (C=O) groups is 2. The van der Waals surface area contributed by atoms with Crippen molar-refractivity contribution in [3.63, 3.8) is 0 Å². The molecule has 0 saturated carbocycles. The van der Waals surface area contributed by atoms with E-state index in [9.17, 15) is 9.59 Å². The topological polar surface area (TPSA) is 100 Å². The first-order chi connectivity index (χ1) is 17.5. The number of likely N-dealkylation sites (tertiary alicyclic amines) is 1. The molecule has 1 atom stereocenters. The maximum atomic E-state index is 15.0. The predicted molar refractivity (Wildman–Crippen MR) is 142 cm³/mol. The average Bonchev–Trinajstić information content (AvgIpc) is 3.55. The number of rotatable bonds is 8. The quantitative estimate of drug-likeness (QED) is 0.169. The van der Waals surface area contributed by atoms with Gasteiger partial charge in [-0.1, -0.05) is 40.8 Å². The summed E-state index contributed by atoms with van der Waals surface area (Å²) in [4.78, 5) is 39.0. The molecule has 2 N–H and O–H groups in total. The first kappa shape index (κ1) is 24.2. The van der Waals surface area contributed by atoms with E-state index >= 15 is 4.39 Å². The van der Waals surface area contributed by atoms with Crippen molar-refractivity contribution in [2.75, 3.05) is 22.8 Å². The van der Waals surface area contributed by atoms with Crippen molar-refractivity contribution < 1.29 is 18.7 Å². The molecule has 0 aliphatic carbocycles. The van der Waals surface area contributed by atoms with Crippen LogP contribution in [0.4, 0.5) is 10.2 Å². The number of ether oxygens (including phenoxy) is 1. The Hall–Kier alpha value is -3.54. The molecule has 1 saturated heterocycles. The van der Waals surface area contributed by atoms with Crippen LogP contribution in [0.5, 0.6) is 11.5 Å². The highest BCUT2D eigenvalue weighted by atomic mass is 127. The molecule has 0 spiro atoms. The summed E-state index contributed by atoms with van der Waals surface area (Å²) in [6.45, 7) is 1.23. The van der Waals surface area contributed by atoms with E-state index in [0.717, 1.165) is 19.4 Å². The maximum absolute atomic E-state index is 15.0. The number of aromatic nitrogens is 3. The molecular formula is C26H23FIN5O3. The number of anilines is 1. The smallest absolute Gasteiger partial charge is 0.232 e. The first-order valence-electron chi connectivity index (χ1n) is 11.5. The van der Waals surface area contributed by atoms with Gasteiger partial charge in [0.15, 0.2) is 5.78 Å². The second kappa shape index (κ2) is 10.6. The van der Waals surface area contributed by atoms with Gasteiger partial charge >= 0.3 is 0 Å². The Labute approximate surface area is 220 Å². The lowest BCUT2D eigenvalue weighted by Crippen LogP contribution is -2.40. The van der Waals surface area contributed by atoms with Gasteiger partial charge in [-0.15, -0.1) is 0 Å². The lowest BCUT2D eigenvalue weighted by molar-refractivity contribution is -0.128. The van der Waals surface area contributed by atoms with Crippen LogP contribution in [0.15, 0.2) is 61.1 Å². The average molecular weight is 599 g/mol. The number of ketones is 1. The largest absolute Gasteiger partial charge is 0.457 e. The Morgan fingerprint density at radius 1 is 1.14 bits per heavy atom. The summed E-state index contributed by atoms with van der Waals surface area (Å²) < 4.78 is 21.1. The predicted octanol–water partition coefficient (Wildman–Crippen LogP) is 4.96. The number of halogens is 2. The van der Waals surface area contributed by atoms with E-state index in [1.807, 2.05) is 23.1 Å². The third kappa shape index (κ3) is 4.90. The number of nitrogens with zero attached hydrogens (tertiary/aromatic N) is 3. The van der Waals surface area contributed by atoms with E-state index in [1.54, 1.807) is 18.2 Å². The van der Waals surface area contributed by atoms with Crippen molar-refractivity contribution in [2.24, 2.45) is 0 Å². The summed E-state index contributed by atoms with van der Waals surface area (Å²) in [6.07, 6.45) is 4.76. The van der Waals surface area contributed by atoms with Crippen LogP contribution in [-0.4, -0.2) is 55.1 Å². The minimum atomic E-state index is -0.687. The molecular weight excluding hydrogens is 576 g/mol. The van der Waals surface area contributed by atoms with Gasteiger partial charge in [-0.05, 0) is 37.1 Å². The number of hydrogen-bond acceptors (Lipinski definition) is 6. The van der Waals surface area contributed by atoms with Gasteiger partial charge in [-0.2, -0.15) is 0 Å². The molecule has 1 unspecified atom stereocenters. The third-order valence-corrected chi connectivity index (χ3v) is 6.85. The van der Waals surface area contributed by atoms with Crippen molar-refractivity contribution in [3.8, 4) is 11.5 Å². The van der Waals surface area contributed by atoms with Gasteiger partial charge in [-0.3, -0.25) is 9.59 Å². The van der Waals surface area contributed by atoms with Gasteiger partial charge in [0.25, 0.3) is 0 Å². The molecule has 1 aliphatic rings. The molecule has 8 nitrogen and oxygen atoms in total. The molecule has 36 heavy (non-hydrogen) atoms. The van der Waals surface area contributed by atoms with Crippen LogP contribution in [-0.2, 0) is 4.79 Å². The second-order valence-corrected chi connectivity index (χ2v) is 9.19. The standard InChI is InChI=1S/C26H23FIN5O3/c27-21-11-18(36-17-6-2-1-3-7-17)8-9-19(21)24(35)20-14-30-26-23(20)25(31-15-32-26)29-13-16-5-4-10-33(16)22(34)12-28/h1-3,6-9,11,14-16H,4-5,10,12-13H2,(H2,29,30,31,32). The van der Waals surface area contributed by atoms with Gasteiger partial charge in [-0.25, -0.2) is 14.4 Å². The van der Waals surface area contributed by atoms with Crippen LogP contribution in [0.3, 0.4) is 0 Å². The second-order valence-electron chi connectivity index (χ2n) is 8.43. The highest BCUT2D eigenvalue weighted by Gasteiger charge is 2.28. The van der Waals surface area contributed by atoms with E-state index < -0.39 is 11.6 Å². The summed E-state index contributed by atoms with van der Waals surface area (Å²) in [5.74, 6) is 0.255. The van der Waals surface area contributed by atoms with Crippen molar-refractivity contribution in [3.05, 3.63) is 78.0 Å². The van der Waals surface area contributed by atoms with Crippen molar-refractivity contribution >= 4 is 51.1 Å². The summed E-state index contributed by atoms with van der Waals surface area (Å²) in [5.41, 5.74) is 0.642. The molecule has 0 bridgehead atoms. The van der Waals surface area contributed by atoms with Crippen LogP contribution in [0, 0.1) is 5.82 Å². The number of alkyl halides is 1. The number of benzene rings is 2. The van der Waals surface area contributed by atoms with Crippen molar-refractivity contribution in [2.45, 2.75) is 18.9 Å². The highest BCUT2D eigenvalue weighted by molar-refractivity contribution is 14.1. The van der Waals surface area contributed by atoms with Crippen molar-refractivity contribution in [1.29, 1.82) is 0 Å². The molecule has 184 valence electrons. The molecule has 10 heteroatoms. The lowest BCUT2D eigenvalue weighted by atomic mass is 10.0. The zero-order valence-corrected chi connectivity index (χ0v) is 21.4. The van der Waals surface area contributed by atoms with Gasteiger partial charge in [0.2, 0.25) is 5.91 Å². The fraction of sp³-hybridized carbons (Fsp3) is 0.231. The Kier molecular flexibility index (Phi) is 7.12. The number of carbonyl (C=O) groups excluding carboxylic acids is 2. The number of nitrogens with one attached hydrogen (secondary N) is 2. The Morgan fingerprint density at radius 2 is 1.97 bits per heavy atom. The van der Waals surface area contributed by atoms with Crippen LogP contribution in [0.1, 0.15) is 28.8 Å². The van der Waals surface area contributed by atoms with E-state index in [2.05, 4.69) is 42.9 Å². The minimum absolute atomic E-state index is 0.0463. The number of fused-ring (bicyclic) bond motifs is 1. The molecule has 1 amide bonds. The van der Waals surface area contributed by atoms with E-state index in [1.165, 1.54) is 24.7 Å². The first-order valence-corrected chi connectivity index (χ1v) is 13.1. The summed E-state index contributed by atoms with van der Waals surface area (Å²) in [5, 5.41) is 3.77. The van der Waals surface area contributed by atoms with Gasteiger partial charge < -0.3 is 19.9 Å². The SMILES string of the molecule is O=C(c1ccc(Oc2ccccc2)cc1F)c1c[nH]c2ncnc(NCC3CCCN3C(=O)CI)c12. The number of amides is 1. The summed E-state index contributed by atoms with van der Waals surface area (Å²) in [6, 6.07) is 13.2. The fourth-order valence-electron chi connectivity index (χ4n) is 4.46. The number of H-pyrrole nitrogens is 1. The summed E-state index contributed by atoms with van der Waals surface area (Å²) in [7, 11) is 0. The number of hydrogen-bond donors (Lipinski definition) is 2. The van der Waals surface area contributed by atoms with Gasteiger partial charge in [0, 0.05) is 31.4 Å². The van der Waals surface area contributed by atoms with Crippen LogP contribution in [0.25, 0.3) is 11.0 Å². The Bertz CT molecular complexity index is 1410. The van der Waals surface area contributed by atoms with E-state index in [-0.39, 0.29) is 23.1 Å². The lowest BCUT2D eigenvalue weighted by Gasteiger charge is -2.24. The molecule has 0 radical (unpaired) electrons. The molecule has 2 aromatic heterocycles. The monoisotopic (exact) mass is 599 g/mol. The fourth-order valence-corrected chi connectivity index (χ4v) is 4.89. The highest BCUT2D eigenvalue weighted by Crippen LogP contribution is 2.29. The normalized spacial score (nSPS) is 15.3. The maximum Gasteiger partial charge on any atom is 0.232 e. The minimum Gasteiger partial charge on any atom is -0.457 e. The number of aromatic amines is 1.